The number of nitrogens with zero attached hydrogens (tertiary/aromatic N) is 1. The highest BCUT2D eigenvalue weighted by Gasteiger charge is 2.08. The van der Waals surface area contributed by atoms with Crippen molar-refractivity contribution < 1.29 is 0 Å². The maximum absolute atomic E-state index is 4.67. The largest absolute Gasteiger partial charge is 0.236 e. The van der Waals surface area contributed by atoms with Crippen molar-refractivity contribution in [2.24, 2.45) is 0 Å². The molecule has 0 aliphatic heterocycles. The maximum Gasteiger partial charge on any atom is 0.139 e. The molecule has 1 aromatic heterocycles. The fourth-order valence-electron chi connectivity index (χ4n) is 1.79. The van der Waals surface area contributed by atoms with Crippen LogP contribution >= 0.6 is 27.3 Å². The molecule has 0 spiro atoms. The fraction of sp³-hybridized carbons (Fsp3) is 0. The third-order valence-electron chi connectivity index (χ3n) is 2.65. The Morgan fingerprint density at radius 1 is 1.12 bits per heavy atom. The summed E-state index contributed by atoms with van der Waals surface area (Å²) in [6.45, 7) is 0. The molecule has 0 N–H and O–H groups in total. The number of thiazole rings is 1. The molecule has 0 bridgehead atoms. The molecule has 0 saturated carbocycles. The Labute approximate surface area is 113 Å². The predicted molar refractivity (Wildman–Crippen MR) is 80.9 cm³/mol. The van der Waals surface area contributed by atoms with Gasteiger partial charge in [-0.05, 0) is 18.2 Å². The number of para-hydroxylation sites is 1. The normalized spacial score (nSPS) is 10.9. The summed E-state index contributed by atoms with van der Waals surface area (Å²) in [7, 11) is 2.10. The second-order valence-corrected chi connectivity index (χ2v) is 5.86. The highest BCUT2D eigenvalue weighted by Crippen LogP contribution is 2.33. The Hall–Kier alpha value is -1.13. The van der Waals surface area contributed by atoms with E-state index in [1.54, 1.807) is 11.3 Å². The van der Waals surface area contributed by atoms with Gasteiger partial charge in [-0.25, -0.2) is 4.98 Å². The first-order valence-electron chi connectivity index (χ1n) is 5.36. The Morgan fingerprint density at radius 3 is 2.76 bits per heavy atom. The van der Waals surface area contributed by atoms with Crippen LogP contribution in [-0.2, 0) is 0 Å². The van der Waals surface area contributed by atoms with E-state index in [0.717, 1.165) is 15.0 Å². The van der Waals surface area contributed by atoms with E-state index in [0.29, 0.717) is 0 Å². The van der Waals surface area contributed by atoms with Gasteiger partial charge in [-0.3, -0.25) is 0 Å². The Balaban J connectivity index is 2.23. The van der Waals surface area contributed by atoms with Gasteiger partial charge in [0.1, 0.15) is 12.9 Å². The minimum atomic E-state index is 1.07. The van der Waals surface area contributed by atoms with Gasteiger partial charge < -0.3 is 0 Å². The summed E-state index contributed by atoms with van der Waals surface area (Å²) in [5.41, 5.74) is 3.49. The first kappa shape index (κ1) is 11.0. The lowest BCUT2D eigenvalue weighted by Crippen LogP contribution is -2.01. The molecule has 0 amide bonds. The van der Waals surface area contributed by atoms with Crippen molar-refractivity contribution in [1.82, 2.24) is 4.98 Å². The summed E-state index contributed by atoms with van der Waals surface area (Å²) in [4.78, 5) is 4.67. The molecule has 4 heteroatoms. The van der Waals surface area contributed by atoms with E-state index in [9.17, 15) is 0 Å². The molecular formula is C13H9BBrNS. The number of fused-ring (bicyclic) bond motifs is 1. The lowest BCUT2D eigenvalue weighted by Gasteiger charge is -2.01. The molecule has 2 aromatic carbocycles. The van der Waals surface area contributed by atoms with Crippen LogP contribution in [0.5, 0.6) is 0 Å². The van der Waals surface area contributed by atoms with Crippen LogP contribution in [-0.4, -0.2) is 12.8 Å². The molecule has 0 unspecified atom stereocenters. The van der Waals surface area contributed by atoms with E-state index in [-0.39, 0.29) is 0 Å². The van der Waals surface area contributed by atoms with Gasteiger partial charge in [-0.1, -0.05) is 45.7 Å². The van der Waals surface area contributed by atoms with Crippen molar-refractivity contribution in [3.63, 3.8) is 0 Å². The zero-order chi connectivity index (χ0) is 11.8. The highest BCUT2D eigenvalue weighted by molar-refractivity contribution is 9.10. The fourth-order valence-corrected chi connectivity index (χ4v) is 3.35. The summed E-state index contributed by atoms with van der Waals surface area (Å²) in [5.74, 6) is 0. The zero-order valence-corrected chi connectivity index (χ0v) is 11.7. The van der Waals surface area contributed by atoms with Crippen LogP contribution in [0.15, 0.2) is 46.9 Å². The van der Waals surface area contributed by atoms with Crippen molar-refractivity contribution in [3.8, 4) is 10.6 Å². The Kier molecular flexibility index (Phi) is 2.77. The Morgan fingerprint density at radius 2 is 1.94 bits per heavy atom. The molecular weight excluding hydrogens is 293 g/mol. The van der Waals surface area contributed by atoms with E-state index in [1.807, 2.05) is 6.07 Å². The molecule has 0 aliphatic rings. The van der Waals surface area contributed by atoms with Crippen LogP contribution < -0.4 is 5.46 Å². The van der Waals surface area contributed by atoms with Crippen molar-refractivity contribution in [1.29, 1.82) is 0 Å². The van der Waals surface area contributed by atoms with Crippen LogP contribution in [0.3, 0.4) is 0 Å². The molecule has 1 heterocycles. The third-order valence-corrected chi connectivity index (χ3v) is 4.41. The van der Waals surface area contributed by atoms with Gasteiger partial charge in [0.15, 0.2) is 0 Å². The lowest BCUT2D eigenvalue weighted by atomic mass is 9.95. The van der Waals surface area contributed by atoms with E-state index in [2.05, 4.69) is 65.2 Å². The average molecular weight is 302 g/mol. The number of rotatable bonds is 1. The molecule has 82 valence electrons. The molecule has 0 fully saturated rings. The standard InChI is InChI=1S/C13H9BBrNS/c14-8-5-6-10(15)9(7-8)13-16-11-3-1-2-4-12(11)17-13/h1-7H,14H2. The monoisotopic (exact) mass is 301 g/mol. The minimum absolute atomic E-state index is 1.07. The van der Waals surface area contributed by atoms with Crippen molar-refractivity contribution in [2.75, 3.05) is 0 Å². The van der Waals surface area contributed by atoms with Crippen molar-refractivity contribution in [2.45, 2.75) is 0 Å². The third kappa shape index (κ3) is 2.03. The van der Waals surface area contributed by atoms with Crippen LogP contribution in [0.25, 0.3) is 20.8 Å². The molecule has 0 radical (unpaired) electrons. The first-order chi connectivity index (χ1) is 8.24. The first-order valence-corrected chi connectivity index (χ1v) is 6.97. The molecule has 0 atom stereocenters. The molecule has 0 saturated heterocycles. The van der Waals surface area contributed by atoms with Gasteiger partial charge in [0.25, 0.3) is 0 Å². The summed E-state index contributed by atoms with van der Waals surface area (Å²) in [6.07, 6.45) is 0. The van der Waals surface area contributed by atoms with Gasteiger partial charge >= 0.3 is 0 Å². The maximum atomic E-state index is 4.67. The van der Waals surface area contributed by atoms with E-state index < -0.39 is 0 Å². The van der Waals surface area contributed by atoms with Gasteiger partial charge in [0, 0.05) is 10.0 Å². The van der Waals surface area contributed by atoms with Gasteiger partial charge in [-0.2, -0.15) is 0 Å². The summed E-state index contributed by atoms with van der Waals surface area (Å²) in [6, 6.07) is 14.6. The van der Waals surface area contributed by atoms with Crippen LogP contribution in [0, 0.1) is 0 Å². The van der Waals surface area contributed by atoms with Crippen molar-refractivity contribution >= 4 is 50.8 Å². The SMILES string of the molecule is Bc1ccc(Br)c(-c2nc3ccccc3s2)c1. The van der Waals surface area contributed by atoms with Crippen LogP contribution in [0.2, 0.25) is 0 Å². The van der Waals surface area contributed by atoms with Gasteiger partial charge in [0.05, 0.1) is 10.2 Å². The quantitative estimate of drug-likeness (QED) is 0.630. The van der Waals surface area contributed by atoms with Crippen LogP contribution in [0.1, 0.15) is 0 Å². The number of benzene rings is 2. The van der Waals surface area contributed by atoms with E-state index in [4.69, 9.17) is 0 Å². The van der Waals surface area contributed by atoms with E-state index in [1.165, 1.54) is 15.7 Å². The number of hydrogen-bond acceptors (Lipinski definition) is 2. The van der Waals surface area contributed by atoms with Crippen molar-refractivity contribution in [3.05, 3.63) is 46.9 Å². The van der Waals surface area contributed by atoms with E-state index >= 15 is 0 Å². The second-order valence-electron chi connectivity index (χ2n) is 3.97. The highest BCUT2D eigenvalue weighted by atomic mass is 79.9. The smallest absolute Gasteiger partial charge is 0.139 e. The number of halogens is 1. The second kappa shape index (κ2) is 4.28. The molecule has 3 aromatic rings. The minimum Gasteiger partial charge on any atom is -0.236 e. The average Bonchev–Trinajstić information content (AvgIpc) is 2.75. The van der Waals surface area contributed by atoms with Gasteiger partial charge in [0.2, 0.25) is 0 Å². The summed E-state index contributed by atoms with van der Waals surface area (Å²) in [5, 5.41) is 1.07. The number of aromatic nitrogens is 1. The summed E-state index contributed by atoms with van der Waals surface area (Å²) >= 11 is 5.32. The predicted octanol–water partition coefficient (Wildman–Crippen LogP) is 2.98. The van der Waals surface area contributed by atoms with Gasteiger partial charge in [-0.15, -0.1) is 11.3 Å². The van der Waals surface area contributed by atoms with Crippen LogP contribution in [0.4, 0.5) is 0 Å². The molecule has 17 heavy (non-hydrogen) atoms. The molecule has 1 nitrogen and oxygen atoms in total. The lowest BCUT2D eigenvalue weighted by molar-refractivity contribution is 1.47. The summed E-state index contributed by atoms with van der Waals surface area (Å²) < 4.78 is 2.33. The number of hydrogen-bond donors (Lipinski definition) is 0. The zero-order valence-electron chi connectivity index (χ0n) is 9.27. The molecule has 0 aliphatic carbocycles. The Bertz CT molecular complexity index is 660. The topological polar surface area (TPSA) is 12.9 Å². The molecule has 3 rings (SSSR count).